The second kappa shape index (κ2) is 8.84. The van der Waals surface area contributed by atoms with Gasteiger partial charge in [0.25, 0.3) is 5.78 Å². The first kappa shape index (κ1) is 21.6. The molecule has 2 aromatic carbocycles. The van der Waals surface area contributed by atoms with E-state index < -0.39 is 17.7 Å². The maximum atomic E-state index is 13.1. The third-order valence-electron chi connectivity index (χ3n) is 4.97. The van der Waals surface area contributed by atoms with Crippen LogP contribution in [0.1, 0.15) is 22.9 Å². The van der Waals surface area contributed by atoms with Crippen LogP contribution in [0.2, 0.25) is 0 Å². The first-order valence-electron chi connectivity index (χ1n) is 9.74. The molecule has 1 fully saturated rings. The van der Waals surface area contributed by atoms with Gasteiger partial charge in [-0.1, -0.05) is 58.0 Å². The lowest BCUT2D eigenvalue weighted by molar-refractivity contribution is -0.132. The summed E-state index contributed by atoms with van der Waals surface area (Å²) < 4.78 is 11.6. The van der Waals surface area contributed by atoms with Crippen LogP contribution >= 0.6 is 15.9 Å². The van der Waals surface area contributed by atoms with E-state index in [2.05, 4.69) is 27.7 Å². The zero-order chi connectivity index (χ0) is 22.8. The summed E-state index contributed by atoms with van der Waals surface area (Å²) in [5, 5.41) is 15.0. The molecule has 1 saturated heterocycles. The van der Waals surface area contributed by atoms with E-state index in [9.17, 15) is 14.7 Å². The largest absolute Gasteiger partial charge is 0.507 e. The number of Topliss-reactive ketones (excluding diaryl/α,β-unsaturated/α-hetero) is 1. The molecule has 3 aromatic rings. The predicted molar refractivity (Wildman–Crippen MR) is 122 cm³/mol. The van der Waals surface area contributed by atoms with Crippen molar-refractivity contribution in [2.75, 3.05) is 11.5 Å². The third-order valence-corrected chi connectivity index (χ3v) is 5.49. The number of benzene rings is 2. The summed E-state index contributed by atoms with van der Waals surface area (Å²) in [5.41, 5.74) is 0.940. The number of hydrogen-bond acceptors (Lipinski definition) is 6. The van der Waals surface area contributed by atoms with Crippen molar-refractivity contribution in [2.45, 2.75) is 13.0 Å². The molecule has 0 spiro atoms. The Morgan fingerprint density at radius 3 is 2.66 bits per heavy atom. The second-order valence-electron chi connectivity index (χ2n) is 7.14. The molecule has 8 heteroatoms. The van der Waals surface area contributed by atoms with Crippen molar-refractivity contribution >= 4 is 39.2 Å². The first-order valence-corrected chi connectivity index (χ1v) is 10.5. The van der Waals surface area contributed by atoms with Crippen molar-refractivity contribution in [3.63, 3.8) is 0 Å². The van der Waals surface area contributed by atoms with Crippen LogP contribution in [-0.4, -0.2) is 28.6 Å². The SMILES string of the molecule is C=CCOc1cccc([C@H]2/C(=C(\O)c3ccc(Br)cc3)C(=O)C(=O)N2c2cc(C)on2)c1. The molecule has 4 rings (SSSR count). The van der Waals surface area contributed by atoms with E-state index in [1.54, 1.807) is 67.6 Å². The van der Waals surface area contributed by atoms with Crippen LogP contribution in [0.3, 0.4) is 0 Å². The summed E-state index contributed by atoms with van der Waals surface area (Å²) in [4.78, 5) is 27.4. The maximum absolute atomic E-state index is 13.1. The van der Waals surface area contributed by atoms with Gasteiger partial charge in [-0.25, -0.2) is 0 Å². The fourth-order valence-electron chi connectivity index (χ4n) is 3.54. The number of ether oxygens (including phenoxy) is 1. The number of halogens is 1. The van der Waals surface area contributed by atoms with E-state index >= 15 is 0 Å². The highest BCUT2D eigenvalue weighted by molar-refractivity contribution is 9.10. The van der Waals surface area contributed by atoms with Gasteiger partial charge in [-0.2, -0.15) is 0 Å². The highest BCUT2D eigenvalue weighted by atomic mass is 79.9. The van der Waals surface area contributed by atoms with Gasteiger partial charge in [0.2, 0.25) is 0 Å². The van der Waals surface area contributed by atoms with Gasteiger partial charge in [0.05, 0.1) is 11.6 Å². The van der Waals surface area contributed by atoms with E-state index in [0.29, 0.717) is 29.2 Å². The van der Waals surface area contributed by atoms with Crippen LogP contribution < -0.4 is 9.64 Å². The minimum Gasteiger partial charge on any atom is -0.507 e. The molecule has 1 aromatic heterocycles. The number of aliphatic hydroxyl groups excluding tert-OH is 1. The number of carbonyl (C=O) groups excluding carboxylic acids is 2. The standard InChI is InChI=1S/C24H19BrN2O5/c1-3-11-31-18-6-4-5-16(13-18)21-20(22(28)15-7-9-17(25)10-8-15)23(29)24(30)27(21)19-12-14(2)32-26-19/h3-10,12-13,21,28H,1,11H2,2H3/b22-20+/t21-/m0/s1. The smallest absolute Gasteiger partial charge is 0.301 e. The van der Waals surface area contributed by atoms with Crippen molar-refractivity contribution in [3.05, 3.63) is 94.2 Å². The van der Waals surface area contributed by atoms with Crippen LogP contribution in [0.5, 0.6) is 5.75 Å². The van der Waals surface area contributed by atoms with Gasteiger partial charge in [0.1, 0.15) is 23.9 Å². The van der Waals surface area contributed by atoms with Gasteiger partial charge < -0.3 is 14.4 Å². The normalized spacial score (nSPS) is 17.6. The number of carbonyl (C=O) groups is 2. The summed E-state index contributed by atoms with van der Waals surface area (Å²) in [5.74, 6) is -0.694. The number of amides is 1. The summed E-state index contributed by atoms with van der Waals surface area (Å²) in [6.07, 6.45) is 1.62. The first-order chi connectivity index (χ1) is 15.4. The number of nitrogens with zero attached hydrogens (tertiary/aromatic N) is 2. The summed E-state index contributed by atoms with van der Waals surface area (Å²) in [6, 6.07) is 14.4. The lowest BCUT2D eigenvalue weighted by Crippen LogP contribution is -2.29. The minimum atomic E-state index is -0.921. The van der Waals surface area contributed by atoms with Crippen molar-refractivity contribution in [1.29, 1.82) is 0 Å². The van der Waals surface area contributed by atoms with Crippen LogP contribution in [0.4, 0.5) is 5.82 Å². The predicted octanol–water partition coefficient (Wildman–Crippen LogP) is 4.94. The van der Waals surface area contributed by atoms with Gasteiger partial charge in [-0.05, 0) is 36.8 Å². The summed E-state index contributed by atoms with van der Waals surface area (Å²) in [6.45, 7) is 5.62. The molecule has 1 aliphatic heterocycles. The number of anilines is 1. The summed E-state index contributed by atoms with van der Waals surface area (Å²) >= 11 is 3.35. The molecular weight excluding hydrogens is 476 g/mol. The monoisotopic (exact) mass is 494 g/mol. The molecule has 1 atom stereocenters. The van der Waals surface area contributed by atoms with E-state index in [-0.39, 0.29) is 17.2 Å². The van der Waals surface area contributed by atoms with Crippen molar-refractivity contribution in [2.24, 2.45) is 0 Å². The van der Waals surface area contributed by atoms with Gasteiger partial charge in [0.15, 0.2) is 5.82 Å². The average molecular weight is 495 g/mol. The van der Waals surface area contributed by atoms with Gasteiger partial charge in [0, 0.05) is 16.1 Å². The van der Waals surface area contributed by atoms with Crippen molar-refractivity contribution in [3.8, 4) is 5.75 Å². The van der Waals surface area contributed by atoms with Crippen LogP contribution in [0, 0.1) is 6.92 Å². The zero-order valence-corrected chi connectivity index (χ0v) is 18.7. The third kappa shape index (κ3) is 3.97. The van der Waals surface area contributed by atoms with Gasteiger partial charge in [-0.15, -0.1) is 0 Å². The molecule has 0 aliphatic carbocycles. The molecule has 2 heterocycles. The Balaban J connectivity index is 1.90. The maximum Gasteiger partial charge on any atom is 0.301 e. The quantitative estimate of drug-likeness (QED) is 0.226. The van der Waals surface area contributed by atoms with Crippen LogP contribution in [0.25, 0.3) is 5.76 Å². The molecule has 32 heavy (non-hydrogen) atoms. The molecule has 0 bridgehead atoms. The van der Waals surface area contributed by atoms with Crippen molar-refractivity contribution < 1.29 is 24.0 Å². The lowest BCUT2D eigenvalue weighted by atomic mass is 9.95. The number of aliphatic hydroxyl groups is 1. The molecule has 162 valence electrons. The zero-order valence-electron chi connectivity index (χ0n) is 17.1. The number of aryl methyl sites for hydroxylation is 1. The van der Waals surface area contributed by atoms with E-state index in [0.717, 1.165) is 4.47 Å². The van der Waals surface area contributed by atoms with Crippen molar-refractivity contribution in [1.82, 2.24) is 5.16 Å². The molecule has 0 saturated carbocycles. The number of rotatable bonds is 6. The minimum absolute atomic E-state index is 0.0427. The molecule has 0 unspecified atom stereocenters. The number of ketones is 1. The Bertz CT molecular complexity index is 1230. The highest BCUT2D eigenvalue weighted by Crippen LogP contribution is 2.42. The topological polar surface area (TPSA) is 92.9 Å². The van der Waals surface area contributed by atoms with Crippen LogP contribution in [0.15, 0.2) is 81.8 Å². The fraction of sp³-hybridized carbons (Fsp3) is 0.125. The lowest BCUT2D eigenvalue weighted by Gasteiger charge is -2.23. The Labute approximate surface area is 192 Å². The summed E-state index contributed by atoms with van der Waals surface area (Å²) in [7, 11) is 0. The Kier molecular flexibility index (Phi) is 5.96. The van der Waals surface area contributed by atoms with Gasteiger partial charge >= 0.3 is 5.91 Å². The average Bonchev–Trinajstić information content (AvgIpc) is 3.33. The van der Waals surface area contributed by atoms with E-state index in [1.165, 1.54) is 4.90 Å². The van der Waals surface area contributed by atoms with Crippen LogP contribution in [-0.2, 0) is 9.59 Å². The number of hydrogen-bond donors (Lipinski definition) is 1. The Morgan fingerprint density at radius 1 is 1.25 bits per heavy atom. The van der Waals surface area contributed by atoms with E-state index in [4.69, 9.17) is 9.26 Å². The molecule has 1 N–H and O–H groups in total. The number of aromatic nitrogens is 1. The Morgan fingerprint density at radius 2 is 2.00 bits per heavy atom. The van der Waals surface area contributed by atoms with Gasteiger partial charge in [-0.3, -0.25) is 14.5 Å². The fourth-order valence-corrected chi connectivity index (χ4v) is 3.81. The second-order valence-corrected chi connectivity index (χ2v) is 8.06. The molecule has 0 radical (unpaired) electrons. The molecule has 1 amide bonds. The Hall–Kier alpha value is -3.65. The molecule has 7 nitrogen and oxygen atoms in total. The highest BCUT2D eigenvalue weighted by Gasteiger charge is 2.48. The molecular formula is C24H19BrN2O5. The van der Waals surface area contributed by atoms with E-state index in [1.807, 2.05) is 0 Å². The molecule has 1 aliphatic rings.